The summed E-state index contributed by atoms with van der Waals surface area (Å²) in [5, 5.41) is 6.68. The van der Waals surface area contributed by atoms with Crippen LogP contribution in [0.3, 0.4) is 0 Å². The van der Waals surface area contributed by atoms with Crippen LogP contribution in [0.1, 0.15) is 64.4 Å². The molecule has 1 aliphatic rings. The third-order valence-corrected chi connectivity index (χ3v) is 4.51. The molecule has 0 heterocycles. The van der Waals surface area contributed by atoms with Gasteiger partial charge in [0.05, 0.1) is 19.4 Å². The summed E-state index contributed by atoms with van der Waals surface area (Å²) in [4.78, 5) is 24.0. The lowest BCUT2D eigenvalue weighted by Gasteiger charge is -2.15. The highest BCUT2D eigenvalue weighted by Gasteiger charge is 2.19. The Morgan fingerprint density at radius 3 is 2.50 bits per heavy atom. The number of hydrogen-bond acceptors (Lipinski definition) is 5. The molecule has 1 aromatic carbocycles. The first-order valence-corrected chi connectivity index (χ1v) is 10.2. The van der Waals surface area contributed by atoms with Crippen LogP contribution >= 0.6 is 0 Å². The van der Waals surface area contributed by atoms with Crippen molar-refractivity contribution < 1.29 is 19.1 Å². The maximum absolute atomic E-state index is 12.0. The highest BCUT2D eigenvalue weighted by molar-refractivity contribution is 6.35. The van der Waals surface area contributed by atoms with Crippen molar-refractivity contribution in [1.29, 1.82) is 0 Å². The molecular weight excluding hydrogens is 358 g/mol. The maximum Gasteiger partial charge on any atom is 0.329 e. The van der Waals surface area contributed by atoms with Crippen LogP contribution in [-0.2, 0) is 9.59 Å². The number of benzene rings is 1. The maximum atomic E-state index is 12.0. The summed E-state index contributed by atoms with van der Waals surface area (Å²) in [5.41, 5.74) is 3.02. The average molecular weight is 389 g/mol. The number of nitrogens with zero attached hydrogens (tertiary/aromatic N) is 1. The number of amides is 2. The topological polar surface area (TPSA) is 89.0 Å². The van der Waals surface area contributed by atoms with Crippen molar-refractivity contribution >= 4 is 18.0 Å². The van der Waals surface area contributed by atoms with Gasteiger partial charge >= 0.3 is 11.8 Å². The standard InChI is InChI=1S/C21H31N3O4/c1-3-13-28-18-12-11-16(14-19(18)27-4-2)15-22-24-21(26)20(25)23-17-9-7-5-6-8-10-17/h11-12,14-15,17H,3-10,13H2,1-2H3,(H,23,25)(H,24,26)/b22-15-. The fraction of sp³-hybridized carbons (Fsp3) is 0.571. The van der Waals surface area contributed by atoms with Crippen molar-refractivity contribution in [3.63, 3.8) is 0 Å². The quantitative estimate of drug-likeness (QED) is 0.309. The van der Waals surface area contributed by atoms with Crippen molar-refractivity contribution in [3.05, 3.63) is 23.8 Å². The van der Waals surface area contributed by atoms with Crippen LogP contribution in [0.5, 0.6) is 11.5 Å². The minimum Gasteiger partial charge on any atom is -0.490 e. The van der Waals surface area contributed by atoms with E-state index in [2.05, 4.69) is 15.8 Å². The number of hydrazone groups is 1. The molecule has 0 unspecified atom stereocenters. The van der Waals surface area contributed by atoms with E-state index in [1.54, 1.807) is 6.07 Å². The molecule has 2 rings (SSSR count). The molecule has 7 heteroatoms. The number of hydrogen-bond donors (Lipinski definition) is 2. The molecule has 154 valence electrons. The van der Waals surface area contributed by atoms with Gasteiger partial charge in [-0.1, -0.05) is 32.6 Å². The number of carbonyl (C=O) groups is 2. The summed E-state index contributed by atoms with van der Waals surface area (Å²) in [7, 11) is 0. The van der Waals surface area contributed by atoms with Crippen LogP contribution < -0.4 is 20.2 Å². The molecule has 0 saturated heterocycles. The van der Waals surface area contributed by atoms with E-state index in [0.717, 1.165) is 37.7 Å². The summed E-state index contributed by atoms with van der Waals surface area (Å²) in [5.74, 6) is -0.0965. The van der Waals surface area contributed by atoms with Gasteiger partial charge in [0.2, 0.25) is 0 Å². The molecule has 0 radical (unpaired) electrons. The van der Waals surface area contributed by atoms with E-state index in [0.29, 0.717) is 24.7 Å². The lowest BCUT2D eigenvalue weighted by atomic mass is 10.1. The molecule has 1 fully saturated rings. The monoisotopic (exact) mass is 389 g/mol. The Kier molecular flexibility index (Phi) is 9.31. The molecule has 2 N–H and O–H groups in total. The molecule has 1 aliphatic carbocycles. The SMILES string of the molecule is CCCOc1ccc(/C=N\NC(=O)C(=O)NC2CCCCCC2)cc1OCC. The van der Waals surface area contributed by atoms with E-state index in [-0.39, 0.29) is 6.04 Å². The molecule has 0 atom stereocenters. The van der Waals surface area contributed by atoms with Crippen LogP contribution in [-0.4, -0.2) is 37.3 Å². The second kappa shape index (κ2) is 12.0. The largest absolute Gasteiger partial charge is 0.490 e. The Hall–Kier alpha value is -2.57. The molecule has 0 bridgehead atoms. The van der Waals surface area contributed by atoms with Crippen molar-refractivity contribution in [2.24, 2.45) is 5.10 Å². The van der Waals surface area contributed by atoms with Crippen LogP contribution in [0.15, 0.2) is 23.3 Å². The van der Waals surface area contributed by atoms with Gasteiger partial charge in [0.15, 0.2) is 11.5 Å². The molecule has 0 aliphatic heterocycles. The van der Waals surface area contributed by atoms with E-state index < -0.39 is 11.8 Å². The molecule has 1 saturated carbocycles. The molecule has 7 nitrogen and oxygen atoms in total. The normalized spacial score (nSPS) is 15.1. The minimum atomic E-state index is -0.756. The predicted molar refractivity (Wildman–Crippen MR) is 109 cm³/mol. The van der Waals surface area contributed by atoms with E-state index in [1.165, 1.54) is 19.1 Å². The minimum absolute atomic E-state index is 0.0779. The fourth-order valence-electron chi connectivity index (χ4n) is 3.10. The first-order valence-electron chi connectivity index (χ1n) is 10.2. The van der Waals surface area contributed by atoms with Gasteiger partial charge in [0.25, 0.3) is 0 Å². The number of nitrogens with one attached hydrogen (secondary N) is 2. The van der Waals surface area contributed by atoms with Gasteiger partial charge in [-0.3, -0.25) is 9.59 Å². The van der Waals surface area contributed by atoms with E-state index in [9.17, 15) is 9.59 Å². The molecule has 28 heavy (non-hydrogen) atoms. The summed E-state index contributed by atoms with van der Waals surface area (Å²) in [6.45, 7) is 5.06. The van der Waals surface area contributed by atoms with Crippen LogP contribution in [0.2, 0.25) is 0 Å². The fourth-order valence-corrected chi connectivity index (χ4v) is 3.10. The third-order valence-electron chi connectivity index (χ3n) is 4.51. The zero-order chi connectivity index (χ0) is 20.2. The summed E-state index contributed by atoms with van der Waals surface area (Å²) in [6, 6.07) is 5.49. The van der Waals surface area contributed by atoms with Gasteiger partial charge in [-0.25, -0.2) is 5.43 Å². The third kappa shape index (κ3) is 7.21. The summed E-state index contributed by atoms with van der Waals surface area (Å²) < 4.78 is 11.3. The van der Waals surface area contributed by atoms with E-state index in [4.69, 9.17) is 9.47 Å². The Morgan fingerprint density at radius 1 is 1.07 bits per heavy atom. The Balaban J connectivity index is 1.88. The lowest BCUT2D eigenvalue weighted by Crippen LogP contribution is -2.43. The second-order valence-electron chi connectivity index (χ2n) is 6.85. The van der Waals surface area contributed by atoms with Crippen molar-refractivity contribution in [3.8, 4) is 11.5 Å². The summed E-state index contributed by atoms with van der Waals surface area (Å²) >= 11 is 0. The van der Waals surface area contributed by atoms with Crippen molar-refractivity contribution in [2.45, 2.75) is 64.8 Å². The van der Waals surface area contributed by atoms with Crippen molar-refractivity contribution in [2.75, 3.05) is 13.2 Å². The van der Waals surface area contributed by atoms with Crippen molar-refractivity contribution in [1.82, 2.24) is 10.7 Å². The van der Waals surface area contributed by atoms with Gasteiger partial charge in [0, 0.05) is 6.04 Å². The predicted octanol–water partition coefficient (Wildman–Crippen LogP) is 3.16. The first-order chi connectivity index (χ1) is 13.6. The van der Waals surface area contributed by atoms with Gasteiger partial charge in [-0.2, -0.15) is 5.10 Å². The Bertz CT molecular complexity index is 668. The van der Waals surface area contributed by atoms with Crippen LogP contribution in [0.25, 0.3) is 0 Å². The van der Waals surface area contributed by atoms with Gasteiger partial charge < -0.3 is 14.8 Å². The zero-order valence-corrected chi connectivity index (χ0v) is 16.8. The second-order valence-corrected chi connectivity index (χ2v) is 6.85. The molecule has 0 aromatic heterocycles. The number of carbonyl (C=O) groups excluding carboxylic acids is 2. The molecular formula is C21H31N3O4. The zero-order valence-electron chi connectivity index (χ0n) is 16.8. The van der Waals surface area contributed by atoms with Gasteiger partial charge in [0.1, 0.15) is 0 Å². The average Bonchev–Trinajstić information content (AvgIpc) is 2.96. The van der Waals surface area contributed by atoms with E-state index >= 15 is 0 Å². The highest BCUT2D eigenvalue weighted by Crippen LogP contribution is 2.28. The Labute approximate surface area is 166 Å². The van der Waals surface area contributed by atoms with E-state index in [1.807, 2.05) is 26.0 Å². The smallest absolute Gasteiger partial charge is 0.329 e. The van der Waals surface area contributed by atoms with Crippen LogP contribution in [0.4, 0.5) is 0 Å². The molecule has 0 spiro atoms. The highest BCUT2D eigenvalue weighted by atomic mass is 16.5. The van der Waals surface area contributed by atoms with Crippen LogP contribution in [0, 0.1) is 0 Å². The number of ether oxygens (including phenoxy) is 2. The lowest BCUT2D eigenvalue weighted by molar-refractivity contribution is -0.139. The summed E-state index contributed by atoms with van der Waals surface area (Å²) in [6.07, 6.45) is 8.79. The molecule has 1 aromatic rings. The first kappa shape index (κ1) is 21.7. The number of rotatable bonds is 8. The Morgan fingerprint density at radius 2 is 1.82 bits per heavy atom. The van der Waals surface area contributed by atoms with Gasteiger partial charge in [-0.15, -0.1) is 0 Å². The van der Waals surface area contributed by atoms with Gasteiger partial charge in [-0.05, 0) is 49.9 Å². The molecule has 2 amide bonds.